The molecule has 162 valence electrons. The van der Waals surface area contributed by atoms with Crippen LogP contribution in [0.4, 0.5) is 0 Å². The van der Waals surface area contributed by atoms with Gasteiger partial charge in [-0.1, -0.05) is 6.58 Å². The van der Waals surface area contributed by atoms with Crippen molar-refractivity contribution in [3.05, 3.63) is 24.8 Å². The lowest BCUT2D eigenvalue weighted by molar-refractivity contribution is -0.137. The minimum atomic E-state index is -0.472. The van der Waals surface area contributed by atoms with Gasteiger partial charge in [0.05, 0.1) is 39.1 Å². The van der Waals surface area contributed by atoms with Crippen LogP contribution < -0.4 is 16.4 Å². The summed E-state index contributed by atoms with van der Waals surface area (Å²) >= 11 is 0. The molecular weight excluding hydrogens is 384 g/mol. The molecule has 1 unspecified atom stereocenters. The lowest BCUT2D eigenvalue weighted by Crippen LogP contribution is -2.40. The fourth-order valence-corrected chi connectivity index (χ4v) is 2.13. The monoisotopic (exact) mass is 412 g/mol. The highest BCUT2D eigenvalue weighted by molar-refractivity contribution is 6.12. The third-order valence-electron chi connectivity index (χ3n) is 3.70. The molecular formula is C18H28N4O7. The van der Waals surface area contributed by atoms with Crippen molar-refractivity contribution in [2.75, 3.05) is 59.2 Å². The molecule has 29 heavy (non-hydrogen) atoms. The molecule has 1 heterocycles. The van der Waals surface area contributed by atoms with Crippen LogP contribution in [-0.4, -0.2) is 93.8 Å². The van der Waals surface area contributed by atoms with Crippen molar-refractivity contribution in [3.63, 3.8) is 0 Å². The van der Waals surface area contributed by atoms with Crippen LogP contribution in [0.25, 0.3) is 0 Å². The van der Waals surface area contributed by atoms with E-state index in [1.54, 1.807) is 0 Å². The normalized spacial score (nSPS) is 14.2. The van der Waals surface area contributed by atoms with Crippen molar-refractivity contribution < 1.29 is 33.4 Å². The van der Waals surface area contributed by atoms with Gasteiger partial charge in [-0.15, -0.1) is 0 Å². The number of nitrogens with one attached hydrogen (secondary N) is 2. The summed E-state index contributed by atoms with van der Waals surface area (Å²) in [6.45, 7) is 5.12. The van der Waals surface area contributed by atoms with Crippen LogP contribution in [0.15, 0.2) is 24.8 Å². The van der Waals surface area contributed by atoms with Gasteiger partial charge in [0.25, 0.3) is 11.8 Å². The number of rotatable bonds is 16. The molecule has 1 aliphatic heterocycles. The van der Waals surface area contributed by atoms with E-state index in [9.17, 15) is 19.2 Å². The summed E-state index contributed by atoms with van der Waals surface area (Å²) in [5.74, 6) is -1.35. The van der Waals surface area contributed by atoms with Crippen LogP contribution in [0.2, 0.25) is 0 Å². The van der Waals surface area contributed by atoms with Crippen LogP contribution in [0.1, 0.15) is 0 Å². The van der Waals surface area contributed by atoms with Gasteiger partial charge in [-0.2, -0.15) is 0 Å². The molecule has 1 rings (SSSR count). The van der Waals surface area contributed by atoms with Crippen molar-refractivity contribution in [2.24, 2.45) is 5.73 Å². The van der Waals surface area contributed by atoms with E-state index in [4.69, 9.17) is 19.9 Å². The van der Waals surface area contributed by atoms with Crippen molar-refractivity contribution >= 4 is 23.6 Å². The first kappa shape index (κ1) is 24.4. The number of hydrogen-bond acceptors (Lipinski definition) is 8. The number of ether oxygens (including phenoxy) is 3. The molecule has 0 spiro atoms. The summed E-state index contributed by atoms with van der Waals surface area (Å²) in [7, 11) is 0. The van der Waals surface area contributed by atoms with E-state index >= 15 is 0 Å². The van der Waals surface area contributed by atoms with Crippen molar-refractivity contribution in [2.45, 2.75) is 6.10 Å². The molecule has 0 aromatic carbocycles. The third kappa shape index (κ3) is 10.5. The lowest BCUT2D eigenvalue weighted by atomic mass is 10.3. The van der Waals surface area contributed by atoms with E-state index in [2.05, 4.69) is 17.2 Å². The number of imide groups is 1. The topological polar surface area (TPSA) is 149 Å². The van der Waals surface area contributed by atoms with Gasteiger partial charge in [-0.3, -0.25) is 24.1 Å². The number of nitrogens with zero attached hydrogens (tertiary/aromatic N) is 1. The molecule has 0 aromatic heterocycles. The number of hydrogen-bond donors (Lipinski definition) is 3. The van der Waals surface area contributed by atoms with Crippen molar-refractivity contribution in [3.8, 4) is 0 Å². The van der Waals surface area contributed by atoms with Gasteiger partial charge >= 0.3 is 0 Å². The van der Waals surface area contributed by atoms with E-state index in [0.717, 1.165) is 11.0 Å². The van der Waals surface area contributed by atoms with Crippen LogP contribution in [0.5, 0.6) is 0 Å². The highest BCUT2D eigenvalue weighted by Crippen LogP contribution is 2.02. The molecule has 0 aromatic rings. The molecule has 0 bridgehead atoms. The summed E-state index contributed by atoms with van der Waals surface area (Å²) in [5.41, 5.74) is 5.52. The summed E-state index contributed by atoms with van der Waals surface area (Å²) in [6.07, 6.45) is 3.11. The van der Waals surface area contributed by atoms with Crippen LogP contribution >= 0.6 is 0 Å². The molecule has 0 radical (unpaired) electrons. The fourth-order valence-electron chi connectivity index (χ4n) is 2.13. The molecule has 4 N–H and O–H groups in total. The summed E-state index contributed by atoms with van der Waals surface area (Å²) in [6, 6.07) is 0. The van der Waals surface area contributed by atoms with Gasteiger partial charge in [0, 0.05) is 31.8 Å². The maximum atomic E-state index is 11.7. The molecule has 11 heteroatoms. The molecule has 0 saturated carbocycles. The molecule has 0 aliphatic carbocycles. The smallest absolute Gasteiger partial charge is 0.253 e. The predicted octanol–water partition coefficient (Wildman–Crippen LogP) is -2.29. The SMILES string of the molecule is C=CC(=O)NCC(CN)OCC(=O)NCCOCCOCCN1C(=O)C=CC1=O. The van der Waals surface area contributed by atoms with Crippen molar-refractivity contribution in [1.82, 2.24) is 15.5 Å². The molecule has 0 fully saturated rings. The van der Waals surface area contributed by atoms with Crippen LogP contribution in [-0.2, 0) is 33.4 Å². The molecule has 0 saturated heterocycles. The van der Waals surface area contributed by atoms with Crippen molar-refractivity contribution in [1.29, 1.82) is 0 Å². The van der Waals surface area contributed by atoms with Crippen LogP contribution in [0.3, 0.4) is 0 Å². The van der Waals surface area contributed by atoms with Gasteiger partial charge in [-0.05, 0) is 6.08 Å². The van der Waals surface area contributed by atoms with E-state index in [-0.39, 0.29) is 63.1 Å². The van der Waals surface area contributed by atoms with Gasteiger partial charge in [0.1, 0.15) is 6.61 Å². The Hall–Kier alpha value is -2.60. The highest BCUT2D eigenvalue weighted by atomic mass is 16.5. The first-order chi connectivity index (χ1) is 14.0. The maximum absolute atomic E-state index is 11.7. The Labute approximate surface area is 169 Å². The quantitative estimate of drug-likeness (QED) is 0.146. The number of carbonyl (C=O) groups is 4. The third-order valence-corrected chi connectivity index (χ3v) is 3.70. The lowest BCUT2D eigenvalue weighted by Gasteiger charge is -2.16. The Kier molecular flexibility index (Phi) is 12.1. The Bertz CT molecular complexity index is 591. The second-order valence-corrected chi connectivity index (χ2v) is 5.85. The summed E-state index contributed by atoms with van der Waals surface area (Å²) in [4.78, 5) is 46.5. The fraction of sp³-hybridized carbons (Fsp3) is 0.556. The van der Waals surface area contributed by atoms with E-state index in [1.807, 2.05) is 0 Å². The van der Waals surface area contributed by atoms with Gasteiger partial charge in [-0.25, -0.2) is 0 Å². The molecule has 4 amide bonds. The first-order valence-corrected chi connectivity index (χ1v) is 9.15. The molecule has 11 nitrogen and oxygen atoms in total. The Morgan fingerprint density at radius 3 is 2.38 bits per heavy atom. The average Bonchev–Trinajstić information content (AvgIpc) is 3.04. The van der Waals surface area contributed by atoms with Crippen LogP contribution in [0, 0.1) is 0 Å². The molecule has 1 aliphatic rings. The number of nitrogens with two attached hydrogens (primary N) is 1. The summed E-state index contributed by atoms with van der Waals surface area (Å²) < 4.78 is 15.9. The predicted molar refractivity (Wildman–Crippen MR) is 103 cm³/mol. The second kappa shape index (κ2) is 14.4. The van der Waals surface area contributed by atoms with E-state index in [0.29, 0.717) is 19.8 Å². The Balaban J connectivity index is 1.95. The highest BCUT2D eigenvalue weighted by Gasteiger charge is 2.22. The maximum Gasteiger partial charge on any atom is 0.253 e. The van der Waals surface area contributed by atoms with E-state index in [1.165, 1.54) is 12.2 Å². The average molecular weight is 412 g/mol. The zero-order chi connectivity index (χ0) is 21.5. The number of carbonyl (C=O) groups excluding carboxylic acids is 4. The Morgan fingerprint density at radius 1 is 1.10 bits per heavy atom. The van der Waals surface area contributed by atoms with Gasteiger partial charge in [0.15, 0.2) is 0 Å². The number of amides is 4. The van der Waals surface area contributed by atoms with Gasteiger partial charge < -0.3 is 30.6 Å². The zero-order valence-electron chi connectivity index (χ0n) is 16.3. The second-order valence-electron chi connectivity index (χ2n) is 5.85. The van der Waals surface area contributed by atoms with Gasteiger partial charge in [0.2, 0.25) is 11.8 Å². The first-order valence-electron chi connectivity index (χ1n) is 9.15. The largest absolute Gasteiger partial charge is 0.377 e. The van der Waals surface area contributed by atoms with E-state index < -0.39 is 6.10 Å². The standard InChI is InChI=1S/C18H28N4O7/c1-2-15(23)21-12-14(11-19)29-13-16(24)20-5-7-27-9-10-28-8-6-22-17(25)3-4-18(22)26/h2-4,14H,1,5-13,19H2,(H,20,24)(H,21,23). The molecule has 1 atom stereocenters. The zero-order valence-corrected chi connectivity index (χ0v) is 16.3. The minimum absolute atomic E-state index is 0.157. The Morgan fingerprint density at radius 2 is 1.76 bits per heavy atom. The minimum Gasteiger partial charge on any atom is -0.377 e. The summed E-state index contributed by atoms with van der Waals surface area (Å²) in [5, 5.41) is 5.17.